The fraction of sp³-hybridized carbons (Fsp3) is 0.592. The summed E-state index contributed by atoms with van der Waals surface area (Å²) in [6.07, 6.45) is 18.6. The number of hydrogen-bond donors (Lipinski definition) is 1. The molecule has 0 amide bonds. The van der Waals surface area contributed by atoms with Crippen molar-refractivity contribution in [2.24, 2.45) is 0 Å². The van der Waals surface area contributed by atoms with Gasteiger partial charge in [0.25, 0.3) is 0 Å². The Kier molecular flexibility index (Phi) is 19.5. The van der Waals surface area contributed by atoms with Gasteiger partial charge in [-0.2, -0.15) is 15.6 Å². The lowest BCUT2D eigenvalue weighted by atomic mass is 9.96. The molecule has 6 atom stereocenters. The van der Waals surface area contributed by atoms with Gasteiger partial charge in [-0.15, -0.1) is 0 Å². The first kappa shape index (κ1) is 51.6. The van der Waals surface area contributed by atoms with Crippen molar-refractivity contribution in [1.82, 2.24) is 14.6 Å². The molecule has 0 saturated carbocycles. The number of phosphoric ester groups is 1. The summed E-state index contributed by atoms with van der Waals surface area (Å²) in [7, 11) is -4.62. The average molecular weight is 968 g/mol. The Hall–Kier alpha value is -3.79. The van der Waals surface area contributed by atoms with Crippen LogP contribution < -0.4 is 10.3 Å². The van der Waals surface area contributed by atoms with Crippen LogP contribution in [-0.4, -0.2) is 57.5 Å². The van der Waals surface area contributed by atoms with Crippen molar-refractivity contribution in [2.45, 2.75) is 172 Å². The van der Waals surface area contributed by atoms with Crippen LogP contribution in [0.2, 0.25) is 10.0 Å². The molecule has 0 aliphatic carbocycles. The number of nitrogens with zero attached hydrogens (tertiary/aromatic N) is 5. The molecule has 0 radical (unpaired) electrons. The number of anilines is 1. The summed E-state index contributed by atoms with van der Waals surface area (Å²) in [5.74, 6) is -0.799. The number of halogens is 2. The molecule has 17 heteroatoms. The Morgan fingerprint density at radius 1 is 0.864 bits per heavy atom. The first-order valence-corrected chi connectivity index (χ1v) is 25.8. The number of hydrogen-bond acceptors (Lipinski definition) is 13. The lowest BCUT2D eigenvalue weighted by Crippen LogP contribution is -2.46. The number of aromatic nitrogens is 3. The molecule has 2 fully saturated rings. The van der Waals surface area contributed by atoms with Crippen LogP contribution in [0.5, 0.6) is 5.75 Å². The summed E-state index contributed by atoms with van der Waals surface area (Å²) in [6, 6.07) is 19.4. The molecule has 2 N–H and O–H groups in total. The third-order valence-electron chi connectivity index (χ3n) is 12.1. The minimum atomic E-state index is -4.62. The first-order valence-electron chi connectivity index (χ1n) is 23.6. The van der Waals surface area contributed by atoms with Gasteiger partial charge in [-0.3, -0.25) is 9.05 Å². The Labute approximate surface area is 399 Å². The third-order valence-corrected chi connectivity index (χ3v) is 13.9. The number of benzene rings is 2. The van der Waals surface area contributed by atoms with Crippen molar-refractivity contribution in [1.29, 1.82) is 10.5 Å². The molecule has 2 aliphatic rings. The topological polar surface area (TPSA) is 185 Å². The second-order valence-electron chi connectivity index (χ2n) is 17.8. The Morgan fingerprint density at radius 3 is 2.18 bits per heavy atom. The molecule has 4 aromatic rings. The quantitative estimate of drug-likeness (QED) is 0.0401. The summed E-state index contributed by atoms with van der Waals surface area (Å²) in [4.78, 5) is 4.08. The normalized spacial score (nSPS) is 21.3. The third kappa shape index (κ3) is 14.4. The highest BCUT2D eigenvalue weighted by molar-refractivity contribution is 7.49. The van der Waals surface area contributed by atoms with E-state index < -0.39 is 50.2 Å². The minimum absolute atomic E-state index is 0.0494. The molecule has 2 aromatic heterocycles. The second-order valence-corrected chi connectivity index (χ2v) is 20.2. The van der Waals surface area contributed by atoms with Crippen molar-refractivity contribution >= 4 is 42.4 Å². The molecule has 2 saturated heterocycles. The van der Waals surface area contributed by atoms with Crippen LogP contribution in [0.25, 0.3) is 5.52 Å². The zero-order valence-electron chi connectivity index (χ0n) is 38.5. The Bertz CT molecular complexity index is 2300. The first-order chi connectivity index (χ1) is 31.9. The summed E-state index contributed by atoms with van der Waals surface area (Å²) in [5, 5.41) is 25.4. The van der Waals surface area contributed by atoms with Gasteiger partial charge in [-0.25, -0.2) is 14.1 Å². The van der Waals surface area contributed by atoms with E-state index in [1.54, 1.807) is 66.9 Å². The van der Waals surface area contributed by atoms with Gasteiger partial charge in [-0.1, -0.05) is 145 Å². The summed E-state index contributed by atoms with van der Waals surface area (Å²) in [6.45, 7) is 5.04. The number of ether oxygens (including phenoxy) is 4. The van der Waals surface area contributed by atoms with Crippen molar-refractivity contribution in [3.8, 4) is 17.9 Å². The van der Waals surface area contributed by atoms with Gasteiger partial charge in [0.2, 0.25) is 5.60 Å². The van der Waals surface area contributed by atoms with Crippen LogP contribution in [-0.2, 0) is 39.2 Å². The maximum Gasteiger partial charge on any atom is 0.530 e. The van der Waals surface area contributed by atoms with E-state index in [1.165, 1.54) is 89.4 Å². The fourth-order valence-electron chi connectivity index (χ4n) is 8.61. The van der Waals surface area contributed by atoms with E-state index in [1.807, 2.05) is 0 Å². The lowest BCUT2D eigenvalue weighted by molar-refractivity contribution is -0.204. The van der Waals surface area contributed by atoms with Crippen molar-refractivity contribution in [3.05, 3.63) is 87.8 Å². The Balaban J connectivity index is 1.11. The number of rotatable bonds is 29. The molecule has 2 aliphatic heterocycles. The largest absolute Gasteiger partial charge is 0.530 e. The summed E-state index contributed by atoms with van der Waals surface area (Å²) >= 11 is 12.8. The predicted octanol–water partition coefficient (Wildman–Crippen LogP) is 12.8. The van der Waals surface area contributed by atoms with E-state index >= 15 is 0 Å². The fourth-order valence-corrected chi connectivity index (χ4v) is 10.4. The van der Waals surface area contributed by atoms with Crippen LogP contribution in [0.4, 0.5) is 5.82 Å². The van der Waals surface area contributed by atoms with Gasteiger partial charge in [0, 0.05) is 5.02 Å². The van der Waals surface area contributed by atoms with Gasteiger partial charge < -0.3 is 29.2 Å². The number of fused-ring (bicyclic) bond motifs is 2. The number of para-hydroxylation sites is 1. The molecule has 66 heavy (non-hydrogen) atoms. The molecule has 358 valence electrons. The van der Waals surface area contributed by atoms with Crippen LogP contribution in [0, 0.1) is 22.7 Å². The number of nitrogen functional groups attached to an aromatic ring is 1. The SMILES string of the molecule is CCCCCCCCCCCCCCCCCC[C@H](COP(=O)(OC[C@@]1(C#N)O[C@@H](c2ccc3c(N)ncnn23)C2OC(C)(C)OC21)Oc1ccccc1Cl)OCc1cc(Cl)cc(C#N)c1. The molecule has 6 rings (SSSR count). The smallest absolute Gasteiger partial charge is 0.402 e. The highest BCUT2D eigenvalue weighted by Gasteiger charge is 2.65. The van der Waals surface area contributed by atoms with Crippen molar-refractivity contribution in [3.63, 3.8) is 0 Å². The minimum Gasteiger partial charge on any atom is -0.402 e. The van der Waals surface area contributed by atoms with Gasteiger partial charge in [0.1, 0.15) is 48.6 Å². The second kappa shape index (κ2) is 25.0. The highest BCUT2D eigenvalue weighted by Crippen LogP contribution is 2.55. The number of nitriles is 2. The van der Waals surface area contributed by atoms with E-state index in [0.29, 0.717) is 33.8 Å². The molecule has 0 bridgehead atoms. The predicted molar refractivity (Wildman–Crippen MR) is 254 cm³/mol. The molecule has 14 nitrogen and oxygen atoms in total. The Morgan fingerprint density at radius 2 is 1.53 bits per heavy atom. The van der Waals surface area contributed by atoms with E-state index in [-0.39, 0.29) is 29.8 Å². The molecule has 4 heterocycles. The molecular weight excluding hydrogens is 902 g/mol. The van der Waals surface area contributed by atoms with Crippen LogP contribution in [0.3, 0.4) is 0 Å². The molecule has 0 spiro atoms. The zero-order valence-corrected chi connectivity index (χ0v) is 40.9. The van der Waals surface area contributed by atoms with Crippen molar-refractivity contribution in [2.75, 3.05) is 18.9 Å². The van der Waals surface area contributed by atoms with Gasteiger partial charge in [0.15, 0.2) is 11.6 Å². The van der Waals surface area contributed by atoms with E-state index in [2.05, 4.69) is 29.1 Å². The summed E-state index contributed by atoms with van der Waals surface area (Å²) < 4.78 is 60.3. The van der Waals surface area contributed by atoms with E-state index in [4.69, 9.17) is 61.5 Å². The van der Waals surface area contributed by atoms with Crippen LogP contribution in [0.15, 0.2) is 60.9 Å². The number of unbranched alkanes of at least 4 members (excludes halogenated alkanes) is 15. The molecular formula is C49H65Cl2N6O8P. The maximum atomic E-state index is 14.9. The summed E-state index contributed by atoms with van der Waals surface area (Å²) in [5.41, 5.74) is 6.46. The van der Waals surface area contributed by atoms with E-state index in [9.17, 15) is 15.1 Å². The number of phosphoric acid groups is 1. The highest BCUT2D eigenvalue weighted by atomic mass is 35.5. The lowest BCUT2D eigenvalue weighted by Gasteiger charge is -2.30. The van der Waals surface area contributed by atoms with Gasteiger partial charge in [0.05, 0.1) is 41.7 Å². The van der Waals surface area contributed by atoms with E-state index in [0.717, 1.165) is 25.7 Å². The molecule has 2 aromatic carbocycles. The van der Waals surface area contributed by atoms with Gasteiger partial charge >= 0.3 is 7.82 Å². The van der Waals surface area contributed by atoms with Crippen molar-refractivity contribution < 1.29 is 37.1 Å². The molecule has 3 unspecified atom stereocenters. The van der Waals surface area contributed by atoms with Crippen LogP contribution >= 0.6 is 31.0 Å². The average Bonchev–Trinajstić information content (AvgIpc) is 3.97. The maximum absolute atomic E-state index is 14.9. The van der Waals surface area contributed by atoms with Gasteiger partial charge in [-0.05, 0) is 68.3 Å². The van der Waals surface area contributed by atoms with Crippen LogP contribution in [0.1, 0.15) is 153 Å². The zero-order chi connectivity index (χ0) is 47.0. The standard InChI is InChI=1S/C49H65Cl2N6O8P/c1-4-5-6-7-8-9-10-11-12-13-14-15-16-17-18-19-22-39(59-31-37-27-36(30-52)28-38(50)29-37)32-60-66(58,65-43-24-21-20-23-40(43)51)61-34-49(33-53)46-45(62-48(2,3)64-46)44(63-49)41-25-26-42-47(54)55-35-56-57(41)42/h20-21,23-29,35,39,44-46H,4-19,22,31-32,34H2,1-3H3,(H2,54,55,56)/t39-,44+,45?,46?,49-,66?/m1/s1. The number of nitrogens with two attached hydrogens (primary N) is 1. The monoisotopic (exact) mass is 966 g/mol.